The van der Waals surface area contributed by atoms with Crippen molar-refractivity contribution in [3.63, 3.8) is 0 Å². The molecule has 0 radical (unpaired) electrons. The van der Waals surface area contributed by atoms with Gasteiger partial charge in [0.2, 0.25) is 0 Å². The van der Waals surface area contributed by atoms with Crippen LogP contribution in [0, 0.1) is 12.8 Å². The minimum Gasteiger partial charge on any atom is -0.348 e. The van der Waals surface area contributed by atoms with Crippen LogP contribution in [0.15, 0.2) is 97.1 Å². The number of rotatable bonds is 10. The third-order valence-corrected chi connectivity index (χ3v) is 8.11. The van der Waals surface area contributed by atoms with Crippen LogP contribution >= 0.6 is 0 Å². The van der Waals surface area contributed by atoms with Crippen molar-refractivity contribution in [3.05, 3.63) is 136 Å². The summed E-state index contributed by atoms with van der Waals surface area (Å²) in [6.45, 7) is 5.63. The zero-order valence-corrected chi connectivity index (χ0v) is 24.3. The molecule has 216 valence electrons. The number of amides is 2. The number of nitrogens with two attached hydrogens (primary N) is 1. The standard InChI is InChI=1S/C36H40N4O2/c1-26-7-13-31(14-8-26)36(42)39-34-22-32(35(41)38-24-30-11-9-29(23-37)10-12-30)15-16-33(34)25-40-19-17-28(18-20-40)21-27-5-3-2-4-6-27/h2-16,22,28H,17-21,23-25,37H2,1H3,(H,38,41)(H,39,42). The Balaban J connectivity index is 1.27. The summed E-state index contributed by atoms with van der Waals surface area (Å²) in [6, 6.07) is 31.8. The van der Waals surface area contributed by atoms with E-state index in [2.05, 4.69) is 45.9 Å². The molecule has 6 nitrogen and oxygen atoms in total. The summed E-state index contributed by atoms with van der Waals surface area (Å²) in [6.07, 6.45) is 3.41. The number of piperidine rings is 1. The molecule has 0 aromatic heterocycles. The van der Waals surface area contributed by atoms with Gasteiger partial charge in [-0.05, 0) is 91.7 Å². The van der Waals surface area contributed by atoms with Crippen LogP contribution in [-0.2, 0) is 26.1 Å². The van der Waals surface area contributed by atoms with Crippen LogP contribution in [0.4, 0.5) is 5.69 Å². The second kappa shape index (κ2) is 14.1. The van der Waals surface area contributed by atoms with Gasteiger partial charge in [-0.3, -0.25) is 14.5 Å². The number of nitrogens with zero attached hydrogens (tertiary/aromatic N) is 1. The highest BCUT2D eigenvalue weighted by Gasteiger charge is 2.21. The predicted octanol–water partition coefficient (Wildman–Crippen LogP) is 6.09. The lowest BCUT2D eigenvalue weighted by molar-refractivity contribution is 0.0949. The van der Waals surface area contributed by atoms with E-state index in [1.165, 1.54) is 5.56 Å². The lowest BCUT2D eigenvalue weighted by Crippen LogP contribution is -2.34. The molecule has 42 heavy (non-hydrogen) atoms. The highest BCUT2D eigenvalue weighted by Crippen LogP contribution is 2.26. The minimum atomic E-state index is -0.185. The Morgan fingerprint density at radius 2 is 1.45 bits per heavy atom. The number of hydrogen-bond donors (Lipinski definition) is 3. The summed E-state index contributed by atoms with van der Waals surface area (Å²) in [5.41, 5.74) is 13.0. The van der Waals surface area contributed by atoms with Gasteiger partial charge >= 0.3 is 0 Å². The number of aryl methyl sites for hydroxylation is 1. The molecule has 1 aliphatic heterocycles. The molecule has 2 amide bonds. The van der Waals surface area contributed by atoms with Gasteiger partial charge in [0.25, 0.3) is 11.8 Å². The lowest BCUT2D eigenvalue weighted by atomic mass is 9.90. The third-order valence-electron chi connectivity index (χ3n) is 8.11. The number of benzene rings is 4. The molecule has 0 bridgehead atoms. The van der Waals surface area contributed by atoms with Gasteiger partial charge in [-0.15, -0.1) is 0 Å². The van der Waals surface area contributed by atoms with Gasteiger partial charge in [0.1, 0.15) is 0 Å². The molecule has 0 unspecified atom stereocenters. The molecule has 1 fully saturated rings. The first-order chi connectivity index (χ1) is 20.5. The van der Waals surface area contributed by atoms with Crippen LogP contribution < -0.4 is 16.4 Å². The third kappa shape index (κ3) is 7.93. The Hall–Kier alpha value is -4.26. The Labute approximate surface area is 248 Å². The van der Waals surface area contributed by atoms with Crippen molar-refractivity contribution >= 4 is 17.5 Å². The maximum atomic E-state index is 13.2. The van der Waals surface area contributed by atoms with E-state index in [4.69, 9.17) is 5.73 Å². The first-order valence-electron chi connectivity index (χ1n) is 14.8. The van der Waals surface area contributed by atoms with Crippen molar-refractivity contribution in [2.75, 3.05) is 18.4 Å². The monoisotopic (exact) mass is 560 g/mol. The molecule has 5 rings (SSSR count). The highest BCUT2D eigenvalue weighted by molar-refractivity contribution is 6.05. The van der Waals surface area contributed by atoms with E-state index in [9.17, 15) is 9.59 Å². The van der Waals surface area contributed by atoms with Crippen LogP contribution in [0.2, 0.25) is 0 Å². The van der Waals surface area contributed by atoms with Crippen molar-refractivity contribution in [1.29, 1.82) is 0 Å². The summed E-state index contributed by atoms with van der Waals surface area (Å²) >= 11 is 0. The summed E-state index contributed by atoms with van der Waals surface area (Å²) in [7, 11) is 0. The van der Waals surface area contributed by atoms with Gasteiger partial charge < -0.3 is 16.4 Å². The number of anilines is 1. The summed E-state index contributed by atoms with van der Waals surface area (Å²) in [5, 5.41) is 6.11. The number of carbonyl (C=O) groups is 2. The molecule has 1 saturated heterocycles. The quantitative estimate of drug-likeness (QED) is 0.219. The van der Waals surface area contributed by atoms with Crippen LogP contribution in [0.1, 0.15) is 61.4 Å². The predicted molar refractivity (Wildman–Crippen MR) is 169 cm³/mol. The molecule has 4 N–H and O–H groups in total. The zero-order chi connectivity index (χ0) is 29.3. The van der Waals surface area contributed by atoms with E-state index < -0.39 is 0 Å². The molecule has 4 aromatic carbocycles. The smallest absolute Gasteiger partial charge is 0.255 e. The largest absolute Gasteiger partial charge is 0.348 e. The fraction of sp³-hybridized carbons (Fsp3) is 0.278. The first kappa shape index (κ1) is 29.2. The summed E-state index contributed by atoms with van der Waals surface area (Å²) in [5.74, 6) is 0.314. The van der Waals surface area contributed by atoms with E-state index in [1.54, 1.807) is 6.07 Å². The highest BCUT2D eigenvalue weighted by atomic mass is 16.2. The summed E-state index contributed by atoms with van der Waals surface area (Å²) < 4.78 is 0. The van der Waals surface area contributed by atoms with Crippen LogP contribution in [0.3, 0.4) is 0 Å². The number of likely N-dealkylation sites (tertiary alicyclic amines) is 1. The Morgan fingerprint density at radius 3 is 2.14 bits per heavy atom. The van der Waals surface area contributed by atoms with E-state index >= 15 is 0 Å². The Kier molecular flexibility index (Phi) is 9.80. The number of hydrogen-bond acceptors (Lipinski definition) is 4. The minimum absolute atomic E-state index is 0.183. The van der Waals surface area contributed by atoms with Gasteiger partial charge in [-0.1, -0.05) is 78.4 Å². The van der Waals surface area contributed by atoms with E-state index in [0.29, 0.717) is 35.8 Å². The molecular formula is C36H40N4O2. The molecular weight excluding hydrogens is 520 g/mol. The van der Waals surface area contributed by atoms with Crippen molar-refractivity contribution in [3.8, 4) is 0 Å². The van der Waals surface area contributed by atoms with Gasteiger partial charge in [-0.25, -0.2) is 0 Å². The van der Waals surface area contributed by atoms with E-state index in [-0.39, 0.29) is 11.8 Å². The molecule has 1 heterocycles. The van der Waals surface area contributed by atoms with Gasteiger partial charge in [0.15, 0.2) is 0 Å². The van der Waals surface area contributed by atoms with Gasteiger partial charge in [0.05, 0.1) is 0 Å². The second-order valence-corrected chi connectivity index (χ2v) is 11.3. The molecule has 4 aromatic rings. The van der Waals surface area contributed by atoms with Crippen LogP contribution in [-0.4, -0.2) is 29.8 Å². The van der Waals surface area contributed by atoms with Crippen molar-refractivity contribution in [2.45, 2.75) is 45.8 Å². The second-order valence-electron chi connectivity index (χ2n) is 11.3. The topological polar surface area (TPSA) is 87.5 Å². The SMILES string of the molecule is Cc1ccc(C(=O)Nc2cc(C(=O)NCc3ccc(CN)cc3)ccc2CN2CCC(Cc3ccccc3)CC2)cc1. The van der Waals surface area contributed by atoms with Crippen LogP contribution in [0.5, 0.6) is 0 Å². The average molecular weight is 561 g/mol. The van der Waals surface area contributed by atoms with Crippen molar-refractivity contribution < 1.29 is 9.59 Å². The zero-order valence-electron chi connectivity index (χ0n) is 24.3. The van der Waals surface area contributed by atoms with Gasteiger partial charge in [-0.2, -0.15) is 0 Å². The molecule has 0 atom stereocenters. The fourth-order valence-electron chi connectivity index (χ4n) is 5.49. The normalized spacial score (nSPS) is 14.0. The van der Waals surface area contributed by atoms with Crippen molar-refractivity contribution in [1.82, 2.24) is 10.2 Å². The van der Waals surface area contributed by atoms with E-state index in [1.807, 2.05) is 67.6 Å². The lowest BCUT2D eigenvalue weighted by Gasteiger charge is -2.32. The van der Waals surface area contributed by atoms with Crippen LogP contribution in [0.25, 0.3) is 0 Å². The molecule has 0 spiro atoms. The first-order valence-corrected chi connectivity index (χ1v) is 14.8. The molecule has 0 saturated carbocycles. The number of nitrogens with one attached hydrogen (secondary N) is 2. The van der Waals surface area contributed by atoms with Gasteiger partial charge in [0, 0.05) is 36.4 Å². The molecule has 6 heteroatoms. The summed E-state index contributed by atoms with van der Waals surface area (Å²) in [4.78, 5) is 28.8. The fourth-order valence-corrected chi connectivity index (χ4v) is 5.49. The maximum Gasteiger partial charge on any atom is 0.255 e. The number of carbonyl (C=O) groups excluding carboxylic acids is 2. The Morgan fingerprint density at radius 1 is 0.786 bits per heavy atom. The Bertz CT molecular complexity index is 1480. The van der Waals surface area contributed by atoms with E-state index in [0.717, 1.165) is 61.2 Å². The average Bonchev–Trinajstić information content (AvgIpc) is 3.02. The molecule has 1 aliphatic rings. The molecule has 0 aliphatic carbocycles. The maximum absolute atomic E-state index is 13.2. The van der Waals surface area contributed by atoms with Crippen molar-refractivity contribution in [2.24, 2.45) is 11.7 Å².